The lowest BCUT2D eigenvalue weighted by Crippen LogP contribution is -2.46. The van der Waals surface area contributed by atoms with Crippen LogP contribution in [0.1, 0.15) is 23.7 Å². The van der Waals surface area contributed by atoms with E-state index in [2.05, 4.69) is 50.2 Å². The highest BCUT2D eigenvalue weighted by molar-refractivity contribution is 7.10. The van der Waals surface area contributed by atoms with Crippen molar-refractivity contribution in [2.45, 2.75) is 19.5 Å². The number of nitrogens with one attached hydrogen (secondary N) is 2. The van der Waals surface area contributed by atoms with Gasteiger partial charge in [0.1, 0.15) is 6.54 Å². The number of nitrogens with zero attached hydrogens (tertiary/aromatic N) is 5. The topological polar surface area (TPSA) is 79.1 Å². The molecule has 1 atom stereocenters. The van der Waals surface area contributed by atoms with E-state index in [1.165, 1.54) is 4.88 Å². The first-order valence-electron chi connectivity index (χ1n) is 10.0. The Morgan fingerprint density at radius 2 is 2.10 bits per heavy atom. The summed E-state index contributed by atoms with van der Waals surface area (Å²) in [4.78, 5) is 8.58. The maximum Gasteiger partial charge on any atom is 0.191 e. The van der Waals surface area contributed by atoms with Crippen molar-refractivity contribution in [2.75, 3.05) is 39.4 Å². The Bertz CT molecular complexity index is 918. The molecule has 1 aliphatic rings. The highest BCUT2D eigenvalue weighted by atomic mass is 32.1. The number of guanidine groups is 1. The van der Waals surface area contributed by atoms with Gasteiger partial charge < -0.3 is 15.4 Å². The van der Waals surface area contributed by atoms with E-state index in [0.717, 1.165) is 56.8 Å². The lowest BCUT2D eigenvalue weighted by atomic mass is 10.2. The molecule has 9 heteroatoms. The van der Waals surface area contributed by atoms with E-state index >= 15 is 0 Å². The minimum Gasteiger partial charge on any atom is -0.379 e. The van der Waals surface area contributed by atoms with Crippen molar-refractivity contribution in [1.29, 1.82) is 0 Å². The van der Waals surface area contributed by atoms with E-state index in [1.54, 1.807) is 11.3 Å². The van der Waals surface area contributed by atoms with E-state index in [0.29, 0.717) is 12.6 Å². The van der Waals surface area contributed by atoms with Crippen LogP contribution in [0.2, 0.25) is 0 Å². The van der Waals surface area contributed by atoms with Gasteiger partial charge in [0.25, 0.3) is 0 Å². The Morgan fingerprint density at radius 1 is 1.21 bits per heavy atom. The summed E-state index contributed by atoms with van der Waals surface area (Å²) in [5.74, 6) is 1.61. The van der Waals surface area contributed by atoms with Gasteiger partial charge in [-0.05, 0) is 30.5 Å². The zero-order chi connectivity index (χ0) is 19.9. The fourth-order valence-corrected chi connectivity index (χ4v) is 4.32. The normalized spacial score (nSPS) is 16.8. The fourth-order valence-electron chi connectivity index (χ4n) is 3.46. The molecule has 0 bridgehead atoms. The first-order chi connectivity index (χ1) is 14.3. The van der Waals surface area contributed by atoms with Gasteiger partial charge in [-0.25, -0.2) is 4.99 Å². The van der Waals surface area contributed by atoms with Gasteiger partial charge in [0.05, 0.1) is 19.3 Å². The molecular weight excluding hydrogens is 386 g/mol. The summed E-state index contributed by atoms with van der Waals surface area (Å²) in [6.07, 6.45) is 1.96. The number of hydrogen-bond donors (Lipinski definition) is 2. The van der Waals surface area contributed by atoms with E-state index in [1.807, 2.05) is 28.8 Å². The zero-order valence-electron chi connectivity index (χ0n) is 16.6. The lowest BCUT2D eigenvalue weighted by molar-refractivity contribution is 0.0177. The largest absolute Gasteiger partial charge is 0.379 e. The molecule has 1 unspecified atom stereocenters. The number of hydrogen-bond acceptors (Lipinski definition) is 6. The Hall–Kier alpha value is -2.49. The number of pyridine rings is 1. The maximum atomic E-state index is 5.54. The summed E-state index contributed by atoms with van der Waals surface area (Å²) >= 11 is 1.80. The average molecular weight is 414 g/mol. The number of thiophene rings is 1. The Morgan fingerprint density at radius 3 is 2.90 bits per heavy atom. The summed E-state index contributed by atoms with van der Waals surface area (Å²) in [5.41, 5.74) is 0.834. The van der Waals surface area contributed by atoms with Gasteiger partial charge in [-0.2, -0.15) is 0 Å². The molecule has 3 aromatic heterocycles. The summed E-state index contributed by atoms with van der Waals surface area (Å²) < 4.78 is 7.50. The molecule has 0 aliphatic carbocycles. The van der Waals surface area contributed by atoms with Crippen molar-refractivity contribution in [3.8, 4) is 0 Å². The molecule has 154 valence electrons. The maximum absolute atomic E-state index is 5.54. The zero-order valence-corrected chi connectivity index (χ0v) is 17.4. The lowest BCUT2D eigenvalue weighted by Gasteiger charge is -2.34. The van der Waals surface area contributed by atoms with Crippen LogP contribution in [-0.4, -0.2) is 64.9 Å². The molecule has 4 rings (SSSR count). The quantitative estimate of drug-likeness (QED) is 0.455. The molecule has 0 aromatic carbocycles. The van der Waals surface area contributed by atoms with Crippen LogP contribution in [0.15, 0.2) is 46.9 Å². The van der Waals surface area contributed by atoms with Gasteiger partial charge in [0.2, 0.25) is 0 Å². The second kappa shape index (κ2) is 9.82. The Labute approximate surface area is 174 Å². The van der Waals surface area contributed by atoms with E-state index in [9.17, 15) is 0 Å². The molecule has 0 amide bonds. The highest BCUT2D eigenvalue weighted by Gasteiger charge is 2.23. The standard InChI is InChI=1S/C20H27N7OS/c1-2-21-20(23-15-19-25-24-18-7-3-4-8-27(18)19)22-14-16(17-6-5-13-29-17)26-9-11-28-12-10-26/h3-8,13,16H,2,9-12,14-15H2,1H3,(H2,21,22,23). The summed E-state index contributed by atoms with van der Waals surface area (Å²) in [5, 5.41) is 17.5. The van der Waals surface area contributed by atoms with Crippen LogP contribution >= 0.6 is 11.3 Å². The predicted octanol–water partition coefficient (Wildman–Crippen LogP) is 1.92. The molecule has 4 heterocycles. The number of rotatable bonds is 7. The number of ether oxygens (including phenoxy) is 1. The monoisotopic (exact) mass is 413 g/mol. The van der Waals surface area contributed by atoms with Gasteiger partial charge in [-0.1, -0.05) is 12.1 Å². The van der Waals surface area contributed by atoms with E-state index in [4.69, 9.17) is 9.73 Å². The van der Waals surface area contributed by atoms with Gasteiger partial charge >= 0.3 is 0 Å². The molecule has 29 heavy (non-hydrogen) atoms. The van der Waals surface area contributed by atoms with Crippen molar-refractivity contribution in [3.05, 3.63) is 52.6 Å². The third-order valence-electron chi connectivity index (χ3n) is 4.93. The molecule has 1 saturated heterocycles. The third kappa shape index (κ3) is 4.92. The summed E-state index contributed by atoms with van der Waals surface area (Å²) in [7, 11) is 0. The van der Waals surface area contributed by atoms with Crippen molar-refractivity contribution < 1.29 is 4.74 Å². The number of fused-ring (bicyclic) bond motifs is 1. The Balaban J connectivity index is 1.45. The average Bonchev–Trinajstić information content (AvgIpc) is 3.43. The van der Waals surface area contributed by atoms with Crippen LogP contribution in [0.25, 0.3) is 5.65 Å². The molecule has 8 nitrogen and oxygen atoms in total. The van der Waals surface area contributed by atoms with Crippen LogP contribution in [0, 0.1) is 0 Å². The van der Waals surface area contributed by atoms with Gasteiger partial charge in [-0.15, -0.1) is 21.5 Å². The molecule has 3 aromatic rings. The number of aromatic nitrogens is 3. The fraction of sp³-hybridized carbons (Fsp3) is 0.450. The third-order valence-corrected chi connectivity index (χ3v) is 5.90. The van der Waals surface area contributed by atoms with E-state index < -0.39 is 0 Å². The first-order valence-corrected chi connectivity index (χ1v) is 10.9. The molecule has 0 radical (unpaired) electrons. The van der Waals surface area contributed by atoms with Crippen molar-refractivity contribution >= 4 is 22.9 Å². The molecule has 0 spiro atoms. The number of morpholine rings is 1. The minimum absolute atomic E-state index is 0.302. The number of aliphatic imine (C=N–C) groups is 1. The Kier molecular flexibility index (Phi) is 6.71. The van der Waals surface area contributed by atoms with E-state index in [-0.39, 0.29) is 0 Å². The van der Waals surface area contributed by atoms with Gasteiger partial charge in [-0.3, -0.25) is 9.30 Å². The minimum atomic E-state index is 0.302. The van der Waals surface area contributed by atoms with Crippen LogP contribution in [-0.2, 0) is 11.3 Å². The summed E-state index contributed by atoms with van der Waals surface area (Å²) in [6.45, 7) is 7.59. The smallest absolute Gasteiger partial charge is 0.191 e. The molecule has 1 aliphatic heterocycles. The van der Waals surface area contributed by atoms with Crippen molar-refractivity contribution in [1.82, 2.24) is 30.1 Å². The summed E-state index contributed by atoms with van der Waals surface area (Å²) in [6, 6.07) is 10.5. The predicted molar refractivity (Wildman–Crippen MR) is 115 cm³/mol. The van der Waals surface area contributed by atoms with Gasteiger partial charge in [0.15, 0.2) is 17.4 Å². The van der Waals surface area contributed by atoms with Crippen molar-refractivity contribution in [2.24, 2.45) is 4.99 Å². The second-order valence-corrected chi connectivity index (χ2v) is 7.78. The van der Waals surface area contributed by atoms with Gasteiger partial charge in [0, 0.05) is 37.3 Å². The highest BCUT2D eigenvalue weighted by Crippen LogP contribution is 2.25. The van der Waals surface area contributed by atoms with Crippen LogP contribution in [0.3, 0.4) is 0 Å². The van der Waals surface area contributed by atoms with Crippen LogP contribution < -0.4 is 10.6 Å². The second-order valence-electron chi connectivity index (χ2n) is 6.80. The molecule has 2 N–H and O–H groups in total. The van der Waals surface area contributed by atoms with Crippen LogP contribution in [0.4, 0.5) is 0 Å². The molecule has 1 fully saturated rings. The first kappa shape index (κ1) is 19.8. The molecule has 0 saturated carbocycles. The van der Waals surface area contributed by atoms with Crippen molar-refractivity contribution in [3.63, 3.8) is 0 Å². The SMILES string of the molecule is CCNC(=NCc1nnc2ccccn12)NCC(c1cccs1)N1CCOCC1. The molecular formula is C20H27N7OS. The van der Waals surface area contributed by atoms with Crippen LogP contribution in [0.5, 0.6) is 0 Å².